The third-order valence-electron chi connectivity index (χ3n) is 1.92. The van der Waals surface area contributed by atoms with E-state index in [1.807, 2.05) is 19.1 Å². The number of aryl methyl sites for hydroxylation is 1. The van der Waals surface area contributed by atoms with E-state index in [0.717, 1.165) is 11.5 Å². The van der Waals surface area contributed by atoms with Crippen LogP contribution in [0.1, 0.15) is 23.3 Å². The maximum absolute atomic E-state index is 11.0. The Morgan fingerprint density at radius 2 is 2.29 bits per heavy atom. The molecule has 0 bridgehead atoms. The van der Waals surface area contributed by atoms with E-state index in [0.29, 0.717) is 11.6 Å². The molecule has 2 heterocycles. The van der Waals surface area contributed by atoms with Gasteiger partial charge in [0.25, 0.3) is 0 Å². The Hall–Kier alpha value is -1.84. The molecule has 2 aromatic heterocycles. The minimum atomic E-state index is -0.0838. The van der Waals surface area contributed by atoms with Gasteiger partial charge in [0.05, 0.1) is 6.20 Å². The van der Waals surface area contributed by atoms with Crippen LogP contribution in [-0.2, 0) is 0 Å². The number of aromatic nitrogens is 2. The van der Waals surface area contributed by atoms with Crippen molar-refractivity contribution in [3.8, 4) is 11.5 Å². The van der Waals surface area contributed by atoms with Crippen LogP contribution >= 0.6 is 0 Å². The van der Waals surface area contributed by atoms with E-state index in [1.165, 1.54) is 6.92 Å². The first-order chi connectivity index (χ1) is 6.66. The second kappa shape index (κ2) is 3.14. The minimum Gasteiger partial charge on any atom is -0.460 e. The summed E-state index contributed by atoms with van der Waals surface area (Å²) in [6.07, 6.45) is 1.59. The van der Waals surface area contributed by atoms with Crippen molar-refractivity contribution in [1.29, 1.82) is 0 Å². The Kier molecular flexibility index (Phi) is 1.96. The fourth-order valence-corrected chi connectivity index (χ4v) is 1.20. The van der Waals surface area contributed by atoms with Gasteiger partial charge in [-0.05, 0) is 19.1 Å². The van der Waals surface area contributed by atoms with Crippen LogP contribution in [0.2, 0.25) is 0 Å². The zero-order valence-electron chi connectivity index (χ0n) is 8.00. The number of Topliss-reactive ketones (excluding diaryl/α,β-unsaturated/α-hetero) is 1. The number of nitrogens with one attached hydrogen (secondary N) is 1. The van der Waals surface area contributed by atoms with Crippen LogP contribution in [0.25, 0.3) is 11.5 Å². The fraction of sp³-hybridized carbons (Fsp3) is 0.200. The zero-order valence-corrected chi connectivity index (χ0v) is 8.00. The number of nitrogens with zero attached hydrogens (tertiary/aromatic N) is 1. The van der Waals surface area contributed by atoms with Crippen molar-refractivity contribution in [3.05, 3.63) is 29.9 Å². The summed E-state index contributed by atoms with van der Waals surface area (Å²) >= 11 is 0. The van der Waals surface area contributed by atoms with Crippen molar-refractivity contribution in [3.63, 3.8) is 0 Å². The van der Waals surface area contributed by atoms with Crippen LogP contribution < -0.4 is 0 Å². The summed E-state index contributed by atoms with van der Waals surface area (Å²) in [7, 11) is 0. The molecule has 2 aromatic rings. The number of hydrogen-bond acceptors (Lipinski definition) is 3. The number of imidazole rings is 1. The second-order valence-corrected chi connectivity index (χ2v) is 3.11. The molecule has 0 fully saturated rings. The highest BCUT2D eigenvalue weighted by Crippen LogP contribution is 2.19. The topological polar surface area (TPSA) is 58.9 Å². The van der Waals surface area contributed by atoms with E-state index in [2.05, 4.69) is 9.97 Å². The van der Waals surface area contributed by atoms with E-state index >= 15 is 0 Å². The summed E-state index contributed by atoms with van der Waals surface area (Å²) in [5.74, 6) is 1.80. The van der Waals surface area contributed by atoms with Gasteiger partial charge in [0.2, 0.25) is 0 Å². The standard InChI is InChI=1S/C10H10N2O2/c1-6-3-4-9(14-6)8-5-11-10(12-8)7(2)13/h3-5H,1-2H3,(H,11,12). The first-order valence-electron chi connectivity index (χ1n) is 4.29. The Morgan fingerprint density at radius 1 is 1.50 bits per heavy atom. The number of hydrogen-bond donors (Lipinski definition) is 1. The molecule has 0 saturated carbocycles. The maximum atomic E-state index is 11.0. The molecule has 0 aliphatic heterocycles. The van der Waals surface area contributed by atoms with Crippen LogP contribution in [0.3, 0.4) is 0 Å². The van der Waals surface area contributed by atoms with Crippen molar-refractivity contribution in [2.75, 3.05) is 0 Å². The van der Waals surface area contributed by atoms with Crippen LogP contribution in [0.5, 0.6) is 0 Å². The van der Waals surface area contributed by atoms with Crippen LogP contribution in [0, 0.1) is 6.92 Å². The second-order valence-electron chi connectivity index (χ2n) is 3.11. The van der Waals surface area contributed by atoms with Crippen LogP contribution in [0.15, 0.2) is 22.7 Å². The number of carbonyl (C=O) groups excluding carboxylic acids is 1. The van der Waals surface area contributed by atoms with E-state index < -0.39 is 0 Å². The molecule has 4 heteroatoms. The predicted molar refractivity (Wildman–Crippen MR) is 51.0 cm³/mol. The summed E-state index contributed by atoms with van der Waals surface area (Å²) in [6, 6.07) is 3.70. The molecule has 0 atom stereocenters. The van der Waals surface area contributed by atoms with Crippen LogP contribution in [0.4, 0.5) is 0 Å². The smallest absolute Gasteiger partial charge is 0.194 e. The maximum Gasteiger partial charge on any atom is 0.194 e. The van der Waals surface area contributed by atoms with Gasteiger partial charge in [0, 0.05) is 6.92 Å². The SMILES string of the molecule is CC(=O)c1ncc(-c2ccc(C)o2)[nH]1. The molecule has 0 aromatic carbocycles. The molecule has 0 amide bonds. The van der Waals surface area contributed by atoms with Crippen molar-refractivity contribution in [1.82, 2.24) is 9.97 Å². The molecular weight excluding hydrogens is 180 g/mol. The summed E-state index contributed by atoms with van der Waals surface area (Å²) in [6.45, 7) is 3.34. The molecule has 0 saturated heterocycles. The highest BCUT2D eigenvalue weighted by Gasteiger charge is 2.08. The Morgan fingerprint density at radius 3 is 2.79 bits per heavy atom. The molecule has 2 rings (SSSR count). The average molecular weight is 190 g/mol. The minimum absolute atomic E-state index is 0.0838. The van der Waals surface area contributed by atoms with Gasteiger partial charge in [-0.15, -0.1) is 0 Å². The molecular formula is C10H10N2O2. The van der Waals surface area contributed by atoms with E-state index in [9.17, 15) is 4.79 Å². The van der Waals surface area contributed by atoms with Gasteiger partial charge in [-0.2, -0.15) is 0 Å². The molecule has 0 aliphatic rings. The highest BCUT2D eigenvalue weighted by molar-refractivity contribution is 5.90. The first kappa shape index (κ1) is 8.74. The lowest BCUT2D eigenvalue weighted by atomic mass is 10.3. The van der Waals surface area contributed by atoms with Gasteiger partial charge in [0.1, 0.15) is 11.5 Å². The number of rotatable bonds is 2. The normalized spacial score (nSPS) is 10.4. The Labute approximate surface area is 81.0 Å². The first-order valence-corrected chi connectivity index (χ1v) is 4.29. The average Bonchev–Trinajstić information content (AvgIpc) is 2.70. The Balaban J connectivity index is 2.38. The van der Waals surface area contributed by atoms with Gasteiger partial charge >= 0.3 is 0 Å². The molecule has 1 N–H and O–H groups in total. The van der Waals surface area contributed by atoms with Crippen molar-refractivity contribution < 1.29 is 9.21 Å². The van der Waals surface area contributed by atoms with Gasteiger partial charge in [-0.3, -0.25) is 4.79 Å². The molecule has 72 valence electrons. The summed E-state index contributed by atoms with van der Waals surface area (Å²) < 4.78 is 5.38. The molecule has 0 spiro atoms. The van der Waals surface area contributed by atoms with Gasteiger partial charge in [0.15, 0.2) is 17.4 Å². The number of ketones is 1. The zero-order chi connectivity index (χ0) is 10.1. The van der Waals surface area contributed by atoms with Crippen molar-refractivity contribution in [2.45, 2.75) is 13.8 Å². The molecule has 0 unspecified atom stereocenters. The largest absolute Gasteiger partial charge is 0.460 e. The molecule has 4 nitrogen and oxygen atoms in total. The van der Waals surface area contributed by atoms with Gasteiger partial charge in [-0.1, -0.05) is 0 Å². The van der Waals surface area contributed by atoms with E-state index in [-0.39, 0.29) is 5.78 Å². The van der Waals surface area contributed by atoms with E-state index in [1.54, 1.807) is 6.20 Å². The lowest BCUT2D eigenvalue weighted by Gasteiger charge is -1.89. The third-order valence-corrected chi connectivity index (χ3v) is 1.92. The quantitative estimate of drug-likeness (QED) is 0.738. The molecule has 0 aliphatic carbocycles. The molecule has 14 heavy (non-hydrogen) atoms. The Bertz CT molecular complexity index is 468. The highest BCUT2D eigenvalue weighted by atomic mass is 16.3. The lowest BCUT2D eigenvalue weighted by molar-refractivity contribution is 0.100. The third kappa shape index (κ3) is 1.46. The predicted octanol–water partition coefficient (Wildman–Crippen LogP) is 2.18. The number of furan rings is 1. The van der Waals surface area contributed by atoms with Gasteiger partial charge in [-0.25, -0.2) is 4.98 Å². The summed E-state index contributed by atoms with van der Waals surface area (Å²) in [5, 5.41) is 0. The number of carbonyl (C=O) groups is 1. The van der Waals surface area contributed by atoms with Crippen molar-refractivity contribution in [2.24, 2.45) is 0 Å². The van der Waals surface area contributed by atoms with Crippen molar-refractivity contribution >= 4 is 5.78 Å². The van der Waals surface area contributed by atoms with Crippen LogP contribution in [-0.4, -0.2) is 15.8 Å². The van der Waals surface area contributed by atoms with Gasteiger partial charge < -0.3 is 9.40 Å². The summed E-state index contributed by atoms with van der Waals surface area (Å²) in [4.78, 5) is 17.8. The molecule has 0 radical (unpaired) electrons. The number of H-pyrrole nitrogens is 1. The number of aromatic amines is 1. The monoisotopic (exact) mass is 190 g/mol. The van der Waals surface area contributed by atoms with E-state index in [4.69, 9.17) is 4.42 Å². The fourth-order valence-electron chi connectivity index (χ4n) is 1.20. The summed E-state index contributed by atoms with van der Waals surface area (Å²) in [5.41, 5.74) is 0.725. The lowest BCUT2D eigenvalue weighted by Crippen LogP contribution is -1.93.